The molecule has 0 radical (unpaired) electrons. The van der Waals surface area contributed by atoms with Crippen LogP contribution in [0.1, 0.15) is 37.9 Å². The van der Waals surface area contributed by atoms with E-state index in [0.29, 0.717) is 5.41 Å². The predicted octanol–water partition coefficient (Wildman–Crippen LogP) is 3.47. The zero-order valence-corrected chi connectivity index (χ0v) is 14.1. The summed E-state index contributed by atoms with van der Waals surface area (Å²) in [6.07, 6.45) is 2.50. The van der Waals surface area contributed by atoms with Crippen molar-refractivity contribution in [2.24, 2.45) is 12.5 Å². The van der Waals surface area contributed by atoms with Crippen LogP contribution in [0.3, 0.4) is 0 Å². The Morgan fingerprint density at radius 2 is 1.95 bits per heavy atom. The summed E-state index contributed by atoms with van der Waals surface area (Å²) < 4.78 is 2.15. The molecule has 0 bridgehead atoms. The van der Waals surface area contributed by atoms with Gasteiger partial charge in [-0.05, 0) is 43.9 Å². The number of rotatable bonds is 2. The van der Waals surface area contributed by atoms with E-state index in [1.807, 2.05) is 24.3 Å². The molecule has 0 amide bonds. The third kappa shape index (κ3) is 2.70. The summed E-state index contributed by atoms with van der Waals surface area (Å²) in [6, 6.07) is 7.92. The van der Waals surface area contributed by atoms with Crippen molar-refractivity contribution in [3.63, 3.8) is 0 Å². The van der Waals surface area contributed by atoms with Crippen molar-refractivity contribution in [2.75, 3.05) is 13.1 Å². The van der Waals surface area contributed by atoms with Crippen LogP contribution in [-0.4, -0.2) is 22.6 Å². The second kappa shape index (κ2) is 5.54. The third-order valence-corrected chi connectivity index (χ3v) is 5.09. The zero-order valence-electron chi connectivity index (χ0n) is 14.1. The van der Waals surface area contributed by atoms with Gasteiger partial charge < -0.3 is 4.57 Å². The number of aromatic nitrogens is 1. The number of likely N-dealkylation sites (tertiary alicyclic amines) is 1. The molecule has 0 atom stereocenters. The Morgan fingerprint density at radius 1 is 1.23 bits per heavy atom. The smallest absolute Gasteiger partial charge is 0.194 e. The van der Waals surface area contributed by atoms with Crippen molar-refractivity contribution in [2.45, 2.75) is 40.2 Å². The first-order valence-corrected chi connectivity index (χ1v) is 8.19. The minimum atomic E-state index is 0.203. The highest BCUT2D eigenvalue weighted by molar-refractivity contribution is 5.80. The summed E-state index contributed by atoms with van der Waals surface area (Å²) >= 11 is 0. The number of nitrogens with zero attached hydrogens (tertiary/aromatic N) is 2. The lowest BCUT2D eigenvalue weighted by atomic mass is 9.84. The number of aryl methyl sites for hydroxylation is 1. The SMILES string of the molecule is Cc1c(CN2CCCC(C)(C)C2)c(=O)c2ccccc2n1C. The fraction of sp³-hybridized carbons (Fsp3) is 0.526. The van der Waals surface area contributed by atoms with Gasteiger partial charge in [0.2, 0.25) is 0 Å². The lowest BCUT2D eigenvalue weighted by Crippen LogP contribution is -2.40. The molecule has 118 valence electrons. The van der Waals surface area contributed by atoms with Crippen LogP contribution in [0.4, 0.5) is 0 Å². The minimum absolute atomic E-state index is 0.203. The quantitative estimate of drug-likeness (QED) is 0.848. The molecule has 0 unspecified atom stereocenters. The van der Waals surface area contributed by atoms with Crippen LogP contribution in [0.2, 0.25) is 0 Å². The van der Waals surface area contributed by atoms with E-state index in [-0.39, 0.29) is 5.43 Å². The summed E-state index contributed by atoms with van der Waals surface area (Å²) in [5.41, 5.74) is 3.63. The first-order valence-electron chi connectivity index (χ1n) is 8.19. The molecule has 0 N–H and O–H groups in total. The minimum Gasteiger partial charge on any atom is -0.347 e. The maximum Gasteiger partial charge on any atom is 0.194 e. The molecule has 0 aliphatic carbocycles. The van der Waals surface area contributed by atoms with Crippen LogP contribution >= 0.6 is 0 Å². The molecule has 1 aliphatic heterocycles. The number of hydrogen-bond acceptors (Lipinski definition) is 2. The lowest BCUT2D eigenvalue weighted by molar-refractivity contribution is 0.111. The molecule has 3 nitrogen and oxygen atoms in total. The van der Waals surface area contributed by atoms with Gasteiger partial charge in [-0.1, -0.05) is 26.0 Å². The topological polar surface area (TPSA) is 25.2 Å². The van der Waals surface area contributed by atoms with Crippen LogP contribution in [0.15, 0.2) is 29.1 Å². The van der Waals surface area contributed by atoms with E-state index in [2.05, 4.69) is 37.3 Å². The fourth-order valence-electron chi connectivity index (χ4n) is 3.76. The molecule has 1 aliphatic rings. The molecule has 0 spiro atoms. The average Bonchev–Trinajstić information content (AvgIpc) is 2.48. The Morgan fingerprint density at radius 3 is 2.68 bits per heavy atom. The van der Waals surface area contributed by atoms with Gasteiger partial charge in [-0.15, -0.1) is 0 Å². The van der Waals surface area contributed by atoms with Crippen LogP contribution in [0.5, 0.6) is 0 Å². The summed E-state index contributed by atoms with van der Waals surface area (Å²) in [4.78, 5) is 15.3. The van der Waals surface area contributed by atoms with E-state index >= 15 is 0 Å². The molecule has 1 fully saturated rings. The number of hydrogen-bond donors (Lipinski definition) is 0. The summed E-state index contributed by atoms with van der Waals surface area (Å²) in [5.74, 6) is 0. The second-order valence-electron chi connectivity index (χ2n) is 7.45. The van der Waals surface area contributed by atoms with Crippen LogP contribution in [0.25, 0.3) is 10.9 Å². The Balaban J connectivity index is 2.02. The maximum absolute atomic E-state index is 12.9. The molecule has 0 saturated carbocycles. The highest BCUT2D eigenvalue weighted by Gasteiger charge is 2.27. The highest BCUT2D eigenvalue weighted by Crippen LogP contribution is 2.29. The van der Waals surface area contributed by atoms with Gasteiger partial charge in [0.05, 0.1) is 5.52 Å². The lowest BCUT2D eigenvalue weighted by Gasteiger charge is -2.38. The number of benzene rings is 1. The van der Waals surface area contributed by atoms with E-state index in [9.17, 15) is 4.79 Å². The molecule has 1 aromatic carbocycles. The van der Waals surface area contributed by atoms with Crippen molar-refractivity contribution in [3.8, 4) is 0 Å². The number of piperidine rings is 1. The number of para-hydroxylation sites is 1. The van der Waals surface area contributed by atoms with E-state index in [4.69, 9.17) is 0 Å². The summed E-state index contributed by atoms with van der Waals surface area (Å²) in [5, 5.41) is 0.835. The molecule has 2 aromatic rings. The highest BCUT2D eigenvalue weighted by atomic mass is 16.1. The van der Waals surface area contributed by atoms with E-state index in [0.717, 1.165) is 41.8 Å². The molecule has 22 heavy (non-hydrogen) atoms. The third-order valence-electron chi connectivity index (χ3n) is 5.09. The molecular formula is C19H26N2O. The van der Waals surface area contributed by atoms with Crippen molar-refractivity contribution in [1.29, 1.82) is 0 Å². The molecule has 3 rings (SSSR count). The van der Waals surface area contributed by atoms with Gasteiger partial charge in [0.15, 0.2) is 5.43 Å². The molecule has 3 heteroatoms. The normalized spacial score (nSPS) is 18.7. The Kier molecular flexibility index (Phi) is 3.85. The standard InChI is InChI=1S/C19H26N2O/c1-14-16(12-21-11-7-10-19(2,3)13-21)18(22)15-8-5-6-9-17(15)20(14)4/h5-6,8-9H,7,10-13H2,1-4H3. The van der Waals surface area contributed by atoms with Gasteiger partial charge in [0, 0.05) is 36.8 Å². The number of fused-ring (bicyclic) bond motifs is 1. The fourth-order valence-corrected chi connectivity index (χ4v) is 3.76. The van der Waals surface area contributed by atoms with E-state index in [1.165, 1.54) is 12.8 Å². The van der Waals surface area contributed by atoms with Crippen LogP contribution < -0.4 is 5.43 Å². The Labute approximate surface area is 132 Å². The second-order valence-corrected chi connectivity index (χ2v) is 7.45. The van der Waals surface area contributed by atoms with Crippen molar-refractivity contribution in [3.05, 3.63) is 45.7 Å². The van der Waals surface area contributed by atoms with Gasteiger partial charge in [0.25, 0.3) is 0 Å². The van der Waals surface area contributed by atoms with Gasteiger partial charge in [-0.3, -0.25) is 9.69 Å². The largest absolute Gasteiger partial charge is 0.347 e. The molecule has 1 aromatic heterocycles. The Bertz CT molecular complexity index is 758. The first-order chi connectivity index (χ1) is 10.4. The van der Waals surface area contributed by atoms with Crippen molar-refractivity contribution in [1.82, 2.24) is 9.47 Å². The first kappa shape index (κ1) is 15.3. The van der Waals surface area contributed by atoms with Gasteiger partial charge in [-0.25, -0.2) is 0 Å². The summed E-state index contributed by atoms with van der Waals surface area (Å²) in [6.45, 7) is 9.65. The van der Waals surface area contributed by atoms with E-state index < -0.39 is 0 Å². The maximum atomic E-state index is 12.9. The monoisotopic (exact) mass is 298 g/mol. The predicted molar refractivity (Wildman–Crippen MR) is 92.2 cm³/mol. The zero-order chi connectivity index (χ0) is 15.9. The Hall–Kier alpha value is -1.61. The van der Waals surface area contributed by atoms with E-state index in [1.54, 1.807) is 0 Å². The van der Waals surface area contributed by atoms with Gasteiger partial charge in [-0.2, -0.15) is 0 Å². The average molecular weight is 298 g/mol. The van der Waals surface area contributed by atoms with Crippen LogP contribution in [0, 0.1) is 12.3 Å². The molecular weight excluding hydrogens is 272 g/mol. The molecule has 1 saturated heterocycles. The molecule has 2 heterocycles. The van der Waals surface area contributed by atoms with Crippen molar-refractivity contribution >= 4 is 10.9 Å². The van der Waals surface area contributed by atoms with Gasteiger partial charge >= 0.3 is 0 Å². The van der Waals surface area contributed by atoms with Crippen LogP contribution in [-0.2, 0) is 13.6 Å². The van der Waals surface area contributed by atoms with Gasteiger partial charge in [0.1, 0.15) is 0 Å². The number of pyridine rings is 1. The van der Waals surface area contributed by atoms with Crippen molar-refractivity contribution < 1.29 is 0 Å². The summed E-state index contributed by atoms with van der Waals surface area (Å²) in [7, 11) is 2.06.